The molecular formula is C10H10N2O2. The highest BCUT2D eigenvalue weighted by molar-refractivity contribution is 5.75. The van der Waals surface area contributed by atoms with Gasteiger partial charge >= 0.3 is 0 Å². The van der Waals surface area contributed by atoms with Gasteiger partial charge in [0.25, 0.3) is 5.56 Å². The maximum atomic E-state index is 11.2. The molecule has 0 fully saturated rings. The topological polar surface area (TPSA) is 51.1 Å². The molecule has 0 aliphatic heterocycles. The lowest BCUT2D eigenvalue weighted by Crippen LogP contribution is -2.31. The van der Waals surface area contributed by atoms with E-state index in [1.807, 2.05) is 0 Å². The first-order valence-corrected chi connectivity index (χ1v) is 4.09. The summed E-state index contributed by atoms with van der Waals surface area (Å²) >= 11 is 0. The summed E-state index contributed by atoms with van der Waals surface area (Å²) in [6.07, 6.45) is 6.52. The van der Waals surface area contributed by atoms with E-state index < -0.39 is 0 Å². The van der Waals surface area contributed by atoms with Crippen molar-refractivity contribution in [2.45, 2.75) is 6.54 Å². The molecule has 0 aromatic carbocycles. The summed E-state index contributed by atoms with van der Waals surface area (Å²) in [5.74, 6) is 2.01. The molecule has 1 heterocycles. The molecule has 72 valence electrons. The summed E-state index contributed by atoms with van der Waals surface area (Å²) in [6, 6.07) is 4.71. The number of amides is 1. The highest BCUT2D eigenvalue weighted by Gasteiger charge is 2.01. The highest BCUT2D eigenvalue weighted by atomic mass is 16.2. The fourth-order valence-electron chi connectivity index (χ4n) is 0.952. The molecule has 0 unspecified atom stereocenters. The Morgan fingerprint density at radius 2 is 2.36 bits per heavy atom. The van der Waals surface area contributed by atoms with Gasteiger partial charge in [0.15, 0.2) is 0 Å². The van der Waals surface area contributed by atoms with Crippen molar-refractivity contribution in [2.75, 3.05) is 6.54 Å². The smallest absolute Gasteiger partial charge is 0.250 e. The molecule has 0 spiro atoms. The van der Waals surface area contributed by atoms with Crippen LogP contribution < -0.4 is 10.9 Å². The van der Waals surface area contributed by atoms with Gasteiger partial charge in [0.1, 0.15) is 6.54 Å². The van der Waals surface area contributed by atoms with E-state index in [9.17, 15) is 9.59 Å². The molecular weight excluding hydrogens is 180 g/mol. The number of pyridine rings is 1. The summed E-state index contributed by atoms with van der Waals surface area (Å²) < 4.78 is 1.31. The van der Waals surface area contributed by atoms with E-state index in [0.29, 0.717) is 0 Å². The molecule has 14 heavy (non-hydrogen) atoms. The van der Waals surface area contributed by atoms with Crippen molar-refractivity contribution in [3.05, 3.63) is 34.7 Å². The van der Waals surface area contributed by atoms with Crippen LogP contribution >= 0.6 is 0 Å². The zero-order valence-corrected chi connectivity index (χ0v) is 7.56. The van der Waals surface area contributed by atoms with Gasteiger partial charge in [-0.05, 0) is 6.07 Å². The summed E-state index contributed by atoms with van der Waals surface area (Å²) in [5.41, 5.74) is -0.205. The van der Waals surface area contributed by atoms with Crippen molar-refractivity contribution in [1.82, 2.24) is 9.88 Å². The first-order valence-electron chi connectivity index (χ1n) is 4.09. The molecule has 4 heteroatoms. The predicted octanol–water partition coefficient (Wildman–Crippen LogP) is -0.402. The lowest BCUT2D eigenvalue weighted by atomic mass is 10.4. The van der Waals surface area contributed by atoms with E-state index in [2.05, 4.69) is 11.2 Å². The molecule has 4 nitrogen and oxygen atoms in total. The third-order valence-electron chi connectivity index (χ3n) is 1.60. The Bertz CT molecular complexity index is 415. The van der Waals surface area contributed by atoms with E-state index in [-0.39, 0.29) is 24.6 Å². The van der Waals surface area contributed by atoms with Crippen molar-refractivity contribution >= 4 is 5.91 Å². The van der Waals surface area contributed by atoms with Crippen molar-refractivity contribution in [3.63, 3.8) is 0 Å². The van der Waals surface area contributed by atoms with Gasteiger partial charge in [0.2, 0.25) is 5.91 Å². The third-order valence-corrected chi connectivity index (χ3v) is 1.60. The Morgan fingerprint density at radius 3 is 3.00 bits per heavy atom. The van der Waals surface area contributed by atoms with Crippen molar-refractivity contribution < 1.29 is 4.79 Å². The number of terminal acetylenes is 1. The van der Waals surface area contributed by atoms with E-state index in [4.69, 9.17) is 6.42 Å². The standard InChI is InChI=1S/C10H10N2O2/c1-2-6-11-9(13)8-12-7-4-3-5-10(12)14/h1,3-5,7H,6,8H2,(H,11,13). The van der Waals surface area contributed by atoms with Crippen LogP contribution in [0.25, 0.3) is 0 Å². The largest absolute Gasteiger partial charge is 0.344 e. The lowest BCUT2D eigenvalue weighted by Gasteiger charge is -2.03. The van der Waals surface area contributed by atoms with E-state index >= 15 is 0 Å². The van der Waals surface area contributed by atoms with Gasteiger partial charge in [0, 0.05) is 12.3 Å². The van der Waals surface area contributed by atoms with Crippen LogP contribution in [-0.2, 0) is 11.3 Å². The molecule has 0 saturated carbocycles. The minimum atomic E-state index is -0.267. The van der Waals surface area contributed by atoms with E-state index in [0.717, 1.165) is 0 Å². The zero-order valence-electron chi connectivity index (χ0n) is 7.56. The number of nitrogens with zero attached hydrogens (tertiary/aromatic N) is 1. The minimum absolute atomic E-state index is 0.00134. The Labute approximate surface area is 81.6 Å². The summed E-state index contributed by atoms with van der Waals surface area (Å²) in [6.45, 7) is 0.182. The Hall–Kier alpha value is -2.02. The number of hydrogen-bond acceptors (Lipinski definition) is 2. The van der Waals surface area contributed by atoms with Crippen LogP contribution in [0, 0.1) is 12.3 Å². The van der Waals surface area contributed by atoms with Gasteiger partial charge in [-0.2, -0.15) is 0 Å². The third kappa shape index (κ3) is 2.79. The van der Waals surface area contributed by atoms with Gasteiger partial charge < -0.3 is 9.88 Å². The molecule has 0 atom stereocenters. The summed E-state index contributed by atoms with van der Waals surface area (Å²) in [7, 11) is 0. The molecule has 0 aliphatic carbocycles. The van der Waals surface area contributed by atoms with Crippen LogP contribution in [0.3, 0.4) is 0 Å². The molecule has 0 bridgehead atoms. The van der Waals surface area contributed by atoms with Crippen LogP contribution in [0.5, 0.6) is 0 Å². The maximum absolute atomic E-state index is 11.2. The van der Waals surface area contributed by atoms with Gasteiger partial charge in [-0.25, -0.2) is 0 Å². The Morgan fingerprint density at radius 1 is 1.57 bits per heavy atom. The van der Waals surface area contributed by atoms with Crippen LogP contribution in [0.1, 0.15) is 0 Å². The number of carbonyl (C=O) groups excluding carboxylic acids is 1. The zero-order chi connectivity index (χ0) is 10.4. The van der Waals surface area contributed by atoms with Crippen LogP contribution in [0.4, 0.5) is 0 Å². The SMILES string of the molecule is C#CCNC(=O)Cn1ccccc1=O. The average molecular weight is 190 g/mol. The molecule has 0 radical (unpaired) electrons. The van der Waals surface area contributed by atoms with Crippen molar-refractivity contribution in [1.29, 1.82) is 0 Å². The predicted molar refractivity (Wildman–Crippen MR) is 52.5 cm³/mol. The van der Waals surface area contributed by atoms with E-state index in [1.54, 1.807) is 18.3 Å². The number of aromatic nitrogens is 1. The quantitative estimate of drug-likeness (QED) is 0.659. The number of rotatable bonds is 3. The number of hydrogen-bond donors (Lipinski definition) is 1. The molecule has 1 rings (SSSR count). The van der Waals surface area contributed by atoms with Gasteiger partial charge in [0.05, 0.1) is 6.54 Å². The molecule has 1 N–H and O–H groups in total. The summed E-state index contributed by atoms with van der Waals surface area (Å²) in [4.78, 5) is 22.3. The monoisotopic (exact) mass is 190 g/mol. The average Bonchev–Trinajstić information content (AvgIpc) is 2.18. The van der Waals surface area contributed by atoms with Crippen molar-refractivity contribution in [2.24, 2.45) is 0 Å². The molecule has 1 amide bonds. The first-order chi connectivity index (χ1) is 6.74. The maximum Gasteiger partial charge on any atom is 0.250 e. The molecule has 1 aromatic heterocycles. The highest BCUT2D eigenvalue weighted by Crippen LogP contribution is 1.81. The van der Waals surface area contributed by atoms with Gasteiger partial charge in [-0.3, -0.25) is 9.59 Å². The molecule has 1 aromatic rings. The number of carbonyl (C=O) groups is 1. The van der Waals surface area contributed by atoms with Crippen LogP contribution in [-0.4, -0.2) is 17.0 Å². The number of nitrogens with one attached hydrogen (secondary N) is 1. The van der Waals surface area contributed by atoms with Crippen LogP contribution in [0.15, 0.2) is 29.2 Å². The minimum Gasteiger partial charge on any atom is -0.344 e. The fraction of sp³-hybridized carbons (Fsp3) is 0.200. The second kappa shape index (κ2) is 4.87. The molecule has 0 saturated heterocycles. The Kier molecular flexibility index (Phi) is 3.50. The second-order valence-corrected chi connectivity index (χ2v) is 2.65. The summed E-state index contributed by atoms with van der Waals surface area (Å²) in [5, 5.41) is 2.47. The second-order valence-electron chi connectivity index (χ2n) is 2.65. The van der Waals surface area contributed by atoms with E-state index in [1.165, 1.54) is 10.6 Å². The van der Waals surface area contributed by atoms with Crippen LogP contribution in [0.2, 0.25) is 0 Å². The normalized spacial score (nSPS) is 9.07. The van der Waals surface area contributed by atoms with Gasteiger partial charge in [-0.15, -0.1) is 6.42 Å². The Balaban J connectivity index is 2.62. The van der Waals surface area contributed by atoms with Crippen molar-refractivity contribution in [3.8, 4) is 12.3 Å². The van der Waals surface area contributed by atoms with Gasteiger partial charge in [-0.1, -0.05) is 12.0 Å². The first kappa shape index (κ1) is 10.1. The lowest BCUT2D eigenvalue weighted by molar-refractivity contribution is -0.121. The fourth-order valence-corrected chi connectivity index (χ4v) is 0.952. The molecule has 0 aliphatic rings.